The average molecular weight is 271 g/mol. The van der Waals surface area contributed by atoms with E-state index in [4.69, 9.17) is 15.2 Å². The molecule has 0 aliphatic carbocycles. The summed E-state index contributed by atoms with van der Waals surface area (Å²) >= 11 is 0. The van der Waals surface area contributed by atoms with E-state index in [1.807, 2.05) is 30.3 Å². The van der Waals surface area contributed by atoms with Gasteiger partial charge < -0.3 is 20.3 Å². The molecule has 0 saturated heterocycles. The lowest BCUT2D eigenvalue weighted by atomic mass is 9.93. The number of fused-ring (bicyclic) bond motifs is 1. The molecule has 104 valence electrons. The third kappa shape index (κ3) is 2.30. The Kier molecular flexibility index (Phi) is 3.24. The summed E-state index contributed by atoms with van der Waals surface area (Å²) in [5.74, 6) is 1.83. The minimum absolute atomic E-state index is 0.0901. The van der Waals surface area contributed by atoms with E-state index in [0.29, 0.717) is 6.42 Å². The first kappa shape index (κ1) is 12.8. The van der Waals surface area contributed by atoms with Crippen molar-refractivity contribution in [3.05, 3.63) is 53.6 Å². The van der Waals surface area contributed by atoms with Crippen molar-refractivity contribution >= 4 is 0 Å². The lowest BCUT2D eigenvalue weighted by Gasteiger charge is -2.30. The second kappa shape index (κ2) is 5.06. The summed E-state index contributed by atoms with van der Waals surface area (Å²) in [6.07, 6.45) is 0.608. The Balaban J connectivity index is 1.90. The van der Waals surface area contributed by atoms with Crippen molar-refractivity contribution in [3.8, 4) is 17.2 Å². The summed E-state index contributed by atoms with van der Waals surface area (Å²) in [5, 5.41) is 9.34. The van der Waals surface area contributed by atoms with E-state index in [2.05, 4.69) is 0 Å². The van der Waals surface area contributed by atoms with Gasteiger partial charge in [-0.05, 0) is 35.9 Å². The first-order valence-corrected chi connectivity index (χ1v) is 6.56. The molecule has 1 unspecified atom stereocenters. The molecule has 0 amide bonds. The molecule has 0 saturated carbocycles. The van der Waals surface area contributed by atoms with E-state index in [0.717, 1.165) is 22.6 Å². The number of nitrogens with two attached hydrogens (primary N) is 1. The molecular weight excluding hydrogens is 254 g/mol. The number of methoxy groups -OCH3 is 1. The molecule has 3 N–H and O–H groups in total. The molecule has 3 rings (SSSR count). The fourth-order valence-corrected chi connectivity index (χ4v) is 2.50. The molecule has 1 aliphatic heterocycles. The van der Waals surface area contributed by atoms with Crippen LogP contribution in [0.15, 0.2) is 42.5 Å². The van der Waals surface area contributed by atoms with Crippen molar-refractivity contribution in [3.63, 3.8) is 0 Å². The molecule has 4 nitrogen and oxygen atoms in total. The number of aromatic hydroxyl groups is 1. The molecule has 0 radical (unpaired) electrons. The fraction of sp³-hybridized carbons (Fsp3) is 0.250. The van der Waals surface area contributed by atoms with Gasteiger partial charge in [-0.15, -0.1) is 0 Å². The maximum absolute atomic E-state index is 9.34. The molecule has 1 heterocycles. The Hall–Kier alpha value is -2.20. The first-order chi connectivity index (χ1) is 9.67. The van der Waals surface area contributed by atoms with Crippen molar-refractivity contribution in [2.24, 2.45) is 5.73 Å². The van der Waals surface area contributed by atoms with Crippen LogP contribution in [0.2, 0.25) is 0 Å². The Labute approximate surface area is 117 Å². The Morgan fingerprint density at radius 2 is 1.95 bits per heavy atom. The molecule has 2 aromatic rings. The van der Waals surface area contributed by atoms with E-state index >= 15 is 0 Å². The Bertz CT molecular complexity index is 610. The number of rotatable bonds is 2. The predicted octanol–water partition coefficient (Wildman–Crippen LogP) is 2.92. The molecule has 0 spiro atoms. The van der Waals surface area contributed by atoms with E-state index in [1.54, 1.807) is 19.2 Å². The summed E-state index contributed by atoms with van der Waals surface area (Å²) in [7, 11) is 1.64. The normalized spacial score (nSPS) is 20.9. The van der Waals surface area contributed by atoms with Gasteiger partial charge in [-0.25, -0.2) is 0 Å². The van der Waals surface area contributed by atoms with Crippen LogP contribution < -0.4 is 15.2 Å². The predicted molar refractivity (Wildman–Crippen MR) is 76.0 cm³/mol. The van der Waals surface area contributed by atoms with Gasteiger partial charge in [-0.3, -0.25) is 0 Å². The van der Waals surface area contributed by atoms with Crippen LogP contribution in [0.3, 0.4) is 0 Å². The van der Waals surface area contributed by atoms with Crippen molar-refractivity contribution in [2.45, 2.75) is 18.6 Å². The van der Waals surface area contributed by atoms with Crippen LogP contribution in [0.1, 0.15) is 29.7 Å². The molecule has 2 aromatic carbocycles. The Morgan fingerprint density at radius 3 is 2.65 bits per heavy atom. The van der Waals surface area contributed by atoms with Gasteiger partial charge in [0.2, 0.25) is 0 Å². The second-order valence-corrected chi connectivity index (χ2v) is 4.94. The SMILES string of the molecule is COc1ccc2c(c1)[C@@H](N)CC(c1ccc(O)cc1)O2. The molecule has 20 heavy (non-hydrogen) atoms. The highest BCUT2D eigenvalue weighted by molar-refractivity contribution is 5.44. The number of phenolic OH excluding ortho intramolecular Hbond substituents is 1. The summed E-state index contributed by atoms with van der Waals surface area (Å²) in [6.45, 7) is 0. The van der Waals surface area contributed by atoms with Crippen LogP contribution in [-0.2, 0) is 0 Å². The molecule has 4 heteroatoms. The van der Waals surface area contributed by atoms with Crippen molar-refractivity contribution in [2.75, 3.05) is 7.11 Å². The number of benzene rings is 2. The average Bonchev–Trinajstić information content (AvgIpc) is 2.47. The van der Waals surface area contributed by atoms with Crippen LogP contribution in [0.5, 0.6) is 17.2 Å². The van der Waals surface area contributed by atoms with Crippen molar-refractivity contribution in [1.29, 1.82) is 0 Å². The standard InChI is InChI=1S/C16H17NO3/c1-19-12-6-7-15-13(8-12)14(17)9-16(20-15)10-2-4-11(18)5-3-10/h2-8,14,16,18H,9,17H2,1H3/t14-,16?/m0/s1. The van der Waals surface area contributed by atoms with Gasteiger partial charge in [0.1, 0.15) is 23.4 Å². The minimum atomic E-state index is -0.0912. The van der Waals surface area contributed by atoms with Gasteiger partial charge in [-0.1, -0.05) is 12.1 Å². The zero-order chi connectivity index (χ0) is 14.1. The topological polar surface area (TPSA) is 64.7 Å². The number of ether oxygens (including phenoxy) is 2. The monoisotopic (exact) mass is 271 g/mol. The maximum atomic E-state index is 9.34. The van der Waals surface area contributed by atoms with Gasteiger partial charge in [0, 0.05) is 18.0 Å². The number of hydrogen-bond acceptors (Lipinski definition) is 4. The van der Waals surface area contributed by atoms with Crippen LogP contribution in [0, 0.1) is 0 Å². The van der Waals surface area contributed by atoms with Crippen LogP contribution >= 0.6 is 0 Å². The number of hydrogen-bond donors (Lipinski definition) is 2. The molecule has 0 bridgehead atoms. The van der Waals surface area contributed by atoms with Gasteiger partial charge >= 0.3 is 0 Å². The Morgan fingerprint density at radius 1 is 1.20 bits per heavy atom. The van der Waals surface area contributed by atoms with E-state index in [1.165, 1.54) is 0 Å². The third-order valence-electron chi connectivity index (χ3n) is 3.62. The summed E-state index contributed by atoms with van der Waals surface area (Å²) in [6, 6.07) is 12.6. The van der Waals surface area contributed by atoms with Gasteiger partial charge in [0.25, 0.3) is 0 Å². The third-order valence-corrected chi connectivity index (χ3v) is 3.62. The van der Waals surface area contributed by atoms with Crippen LogP contribution in [0.4, 0.5) is 0 Å². The van der Waals surface area contributed by atoms with Crippen molar-refractivity contribution in [1.82, 2.24) is 0 Å². The molecule has 0 aromatic heterocycles. The smallest absolute Gasteiger partial charge is 0.126 e. The van der Waals surface area contributed by atoms with E-state index in [-0.39, 0.29) is 17.9 Å². The van der Waals surface area contributed by atoms with Crippen LogP contribution in [-0.4, -0.2) is 12.2 Å². The van der Waals surface area contributed by atoms with Crippen LogP contribution in [0.25, 0.3) is 0 Å². The quantitative estimate of drug-likeness (QED) is 0.881. The zero-order valence-corrected chi connectivity index (χ0v) is 11.2. The van der Waals surface area contributed by atoms with Gasteiger partial charge in [-0.2, -0.15) is 0 Å². The first-order valence-electron chi connectivity index (χ1n) is 6.56. The highest BCUT2D eigenvalue weighted by Crippen LogP contribution is 2.41. The highest BCUT2D eigenvalue weighted by Gasteiger charge is 2.27. The molecular formula is C16H17NO3. The summed E-state index contributed by atoms with van der Waals surface area (Å²) < 4.78 is 11.2. The lowest BCUT2D eigenvalue weighted by Crippen LogP contribution is -2.24. The van der Waals surface area contributed by atoms with Gasteiger partial charge in [0.05, 0.1) is 7.11 Å². The van der Waals surface area contributed by atoms with Gasteiger partial charge in [0.15, 0.2) is 0 Å². The summed E-state index contributed by atoms with van der Waals surface area (Å²) in [5.41, 5.74) is 8.23. The lowest BCUT2D eigenvalue weighted by molar-refractivity contribution is 0.161. The minimum Gasteiger partial charge on any atom is -0.508 e. The second-order valence-electron chi connectivity index (χ2n) is 4.94. The van der Waals surface area contributed by atoms with E-state index in [9.17, 15) is 5.11 Å². The van der Waals surface area contributed by atoms with E-state index < -0.39 is 0 Å². The fourth-order valence-electron chi connectivity index (χ4n) is 2.50. The molecule has 0 fully saturated rings. The van der Waals surface area contributed by atoms with Crippen molar-refractivity contribution < 1.29 is 14.6 Å². The zero-order valence-electron chi connectivity index (χ0n) is 11.2. The number of phenols is 1. The largest absolute Gasteiger partial charge is 0.508 e. The molecule has 1 aliphatic rings. The maximum Gasteiger partial charge on any atom is 0.126 e. The summed E-state index contributed by atoms with van der Waals surface area (Å²) in [4.78, 5) is 0. The molecule has 2 atom stereocenters. The highest BCUT2D eigenvalue weighted by atomic mass is 16.5.